The third-order valence-electron chi connectivity index (χ3n) is 2.75. The minimum atomic E-state index is 0.362. The van der Waals surface area contributed by atoms with E-state index in [2.05, 4.69) is 31.8 Å². The topological polar surface area (TPSA) is 26.0 Å². The molecular weight excluding hydrogens is 198 g/mol. The summed E-state index contributed by atoms with van der Waals surface area (Å²) in [4.78, 5) is 4.45. The normalized spacial score (nSPS) is 12.2. The second-order valence-corrected chi connectivity index (χ2v) is 5.56. The first-order valence-corrected chi connectivity index (χ1v) is 5.81. The minimum Gasteiger partial charge on any atom is -0.441 e. The van der Waals surface area contributed by atoms with Crippen molar-refractivity contribution in [2.24, 2.45) is 5.41 Å². The lowest BCUT2D eigenvalue weighted by Crippen LogP contribution is -2.06. The van der Waals surface area contributed by atoms with E-state index in [0.29, 0.717) is 5.41 Å². The molecular formula is C14H19NO. The molecule has 0 atom stereocenters. The summed E-state index contributed by atoms with van der Waals surface area (Å²) in [7, 11) is 0. The van der Waals surface area contributed by atoms with Gasteiger partial charge >= 0.3 is 0 Å². The molecule has 0 bridgehead atoms. The zero-order valence-corrected chi connectivity index (χ0v) is 10.5. The third kappa shape index (κ3) is 2.43. The van der Waals surface area contributed by atoms with Crippen LogP contribution in [0.2, 0.25) is 0 Å². The lowest BCUT2D eigenvalue weighted by atomic mass is 9.88. The average molecular weight is 217 g/mol. The summed E-state index contributed by atoms with van der Waals surface area (Å²) in [5.74, 6) is 0.748. The molecule has 0 aliphatic carbocycles. The number of para-hydroxylation sites is 1. The first-order chi connectivity index (χ1) is 7.46. The largest absolute Gasteiger partial charge is 0.441 e. The maximum atomic E-state index is 5.53. The third-order valence-corrected chi connectivity index (χ3v) is 2.75. The van der Waals surface area contributed by atoms with Crippen LogP contribution in [0.15, 0.2) is 22.6 Å². The van der Waals surface area contributed by atoms with Gasteiger partial charge in [-0.2, -0.15) is 0 Å². The van der Waals surface area contributed by atoms with Gasteiger partial charge in [-0.3, -0.25) is 0 Å². The Morgan fingerprint density at radius 3 is 2.69 bits per heavy atom. The van der Waals surface area contributed by atoms with E-state index in [9.17, 15) is 0 Å². The predicted octanol–water partition coefficient (Wildman–Crippen LogP) is 4.11. The number of rotatable bonds is 2. The van der Waals surface area contributed by atoms with Gasteiger partial charge in [0.25, 0.3) is 0 Å². The Morgan fingerprint density at radius 2 is 2.00 bits per heavy atom. The number of benzene rings is 1. The Bertz CT molecular complexity index is 491. The van der Waals surface area contributed by atoms with Crippen molar-refractivity contribution in [3.05, 3.63) is 29.7 Å². The standard InChI is InChI=1S/C14H19NO/c1-10-15-13-11(8-9-14(2,3)4)6-5-7-12(13)16-10/h5-7H,8-9H2,1-4H3. The Balaban J connectivity index is 2.30. The van der Waals surface area contributed by atoms with Crippen molar-refractivity contribution in [2.45, 2.75) is 40.5 Å². The highest BCUT2D eigenvalue weighted by atomic mass is 16.3. The van der Waals surface area contributed by atoms with Crippen LogP contribution in [0, 0.1) is 12.3 Å². The maximum absolute atomic E-state index is 5.53. The number of aryl methyl sites for hydroxylation is 2. The van der Waals surface area contributed by atoms with E-state index in [-0.39, 0.29) is 0 Å². The van der Waals surface area contributed by atoms with Crippen LogP contribution in [-0.2, 0) is 6.42 Å². The van der Waals surface area contributed by atoms with E-state index in [1.807, 2.05) is 19.1 Å². The minimum absolute atomic E-state index is 0.362. The van der Waals surface area contributed by atoms with Crippen LogP contribution in [0.3, 0.4) is 0 Å². The van der Waals surface area contributed by atoms with Crippen molar-refractivity contribution < 1.29 is 4.42 Å². The average Bonchev–Trinajstić information content (AvgIpc) is 2.54. The van der Waals surface area contributed by atoms with Crippen molar-refractivity contribution >= 4 is 11.1 Å². The number of aromatic nitrogens is 1. The second-order valence-electron chi connectivity index (χ2n) is 5.56. The maximum Gasteiger partial charge on any atom is 0.192 e. The number of hydrogen-bond acceptors (Lipinski definition) is 2. The molecule has 16 heavy (non-hydrogen) atoms. The van der Waals surface area contributed by atoms with Crippen LogP contribution < -0.4 is 0 Å². The smallest absolute Gasteiger partial charge is 0.192 e. The molecule has 1 aromatic carbocycles. The van der Waals surface area contributed by atoms with Crippen LogP contribution in [-0.4, -0.2) is 4.98 Å². The van der Waals surface area contributed by atoms with E-state index >= 15 is 0 Å². The van der Waals surface area contributed by atoms with Crippen molar-refractivity contribution in [1.82, 2.24) is 4.98 Å². The van der Waals surface area contributed by atoms with Gasteiger partial charge in [-0.1, -0.05) is 32.9 Å². The fourth-order valence-electron chi connectivity index (χ4n) is 1.83. The highest BCUT2D eigenvalue weighted by molar-refractivity contribution is 5.76. The molecule has 0 N–H and O–H groups in total. The highest BCUT2D eigenvalue weighted by Gasteiger charge is 2.13. The summed E-state index contributed by atoms with van der Waals surface area (Å²) in [6.07, 6.45) is 2.23. The molecule has 0 amide bonds. The van der Waals surface area contributed by atoms with Gasteiger partial charge < -0.3 is 4.42 Å². The predicted molar refractivity (Wildman–Crippen MR) is 66.5 cm³/mol. The summed E-state index contributed by atoms with van der Waals surface area (Å²) < 4.78 is 5.53. The van der Waals surface area contributed by atoms with Gasteiger partial charge in [-0.15, -0.1) is 0 Å². The lowest BCUT2D eigenvalue weighted by molar-refractivity contribution is 0.378. The molecule has 0 saturated heterocycles. The molecule has 1 aromatic heterocycles. The Labute approximate surface area is 96.7 Å². The molecule has 2 heteroatoms. The molecule has 2 rings (SSSR count). The van der Waals surface area contributed by atoms with Crippen molar-refractivity contribution in [3.8, 4) is 0 Å². The van der Waals surface area contributed by atoms with Crippen LogP contribution in [0.25, 0.3) is 11.1 Å². The first kappa shape index (κ1) is 11.2. The quantitative estimate of drug-likeness (QED) is 0.756. The fraction of sp³-hybridized carbons (Fsp3) is 0.500. The molecule has 0 spiro atoms. The molecule has 0 saturated carbocycles. The van der Waals surface area contributed by atoms with Gasteiger partial charge in [0.2, 0.25) is 0 Å². The van der Waals surface area contributed by atoms with Gasteiger partial charge in [0.1, 0.15) is 5.52 Å². The zero-order chi connectivity index (χ0) is 11.8. The van der Waals surface area contributed by atoms with E-state index in [1.54, 1.807) is 0 Å². The van der Waals surface area contributed by atoms with Gasteiger partial charge in [0, 0.05) is 6.92 Å². The summed E-state index contributed by atoms with van der Waals surface area (Å²) in [6.45, 7) is 8.69. The van der Waals surface area contributed by atoms with Gasteiger partial charge in [0.05, 0.1) is 0 Å². The summed E-state index contributed by atoms with van der Waals surface area (Å²) >= 11 is 0. The van der Waals surface area contributed by atoms with E-state index in [1.165, 1.54) is 5.56 Å². The van der Waals surface area contributed by atoms with Crippen LogP contribution in [0.5, 0.6) is 0 Å². The molecule has 86 valence electrons. The molecule has 2 aromatic rings. The molecule has 1 heterocycles. The SMILES string of the molecule is Cc1nc2c(CCC(C)(C)C)cccc2o1. The lowest BCUT2D eigenvalue weighted by Gasteiger charge is -2.17. The van der Waals surface area contributed by atoms with Crippen LogP contribution >= 0.6 is 0 Å². The van der Waals surface area contributed by atoms with Crippen molar-refractivity contribution in [1.29, 1.82) is 0 Å². The Morgan fingerprint density at radius 1 is 1.25 bits per heavy atom. The molecule has 0 fully saturated rings. The van der Waals surface area contributed by atoms with E-state index < -0.39 is 0 Å². The first-order valence-electron chi connectivity index (χ1n) is 5.81. The molecule has 0 radical (unpaired) electrons. The summed E-state index contributed by atoms with van der Waals surface area (Å²) in [5, 5.41) is 0. The highest BCUT2D eigenvalue weighted by Crippen LogP contribution is 2.25. The van der Waals surface area contributed by atoms with Gasteiger partial charge in [0.15, 0.2) is 11.5 Å². The van der Waals surface area contributed by atoms with E-state index in [0.717, 1.165) is 29.8 Å². The van der Waals surface area contributed by atoms with Crippen LogP contribution in [0.4, 0.5) is 0 Å². The molecule has 0 unspecified atom stereocenters. The number of nitrogens with zero attached hydrogens (tertiary/aromatic N) is 1. The van der Waals surface area contributed by atoms with Crippen molar-refractivity contribution in [2.75, 3.05) is 0 Å². The zero-order valence-electron chi connectivity index (χ0n) is 10.5. The van der Waals surface area contributed by atoms with Crippen molar-refractivity contribution in [3.63, 3.8) is 0 Å². The molecule has 0 aliphatic heterocycles. The van der Waals surface area contributed by atoms with Gasteiger partial charge in [-0.05, 0) is 29.9 Å². The van der Waals surface area contributed by atoms with E-state index in [4.69, 9.17) is 4.42 Å². The molecule has 0 aliphatic rings. The number of oxazole rings is 1. The number of hydrogen-bond donors (Lipinski definition) is 0. The summed E-state index contributed by atoms with van der Waals surface area (Å²) in [6, 6.07) is 6.18. The second kappa shape index (κ2) is 3.93. The molecule has 2 nitrogen and oxygen atoms in total. The Hall–Kier alpha value is -1.31. The van der Waals surface area contributed by atoms with Crippen LogP contribution in [0.1, 0.15) is 38.6 Å². The monoisotopic (exact) mass is 217 g/mol. The summed E-state index contributed by atoms with van der Waals surface area (Å²) in [5.41, 5.74) is 3.60. The Kier molecular flexibility index (Phi) is 2.75. The fourth-order valence-corrected chi connectivity index (χ4v) is 1.83. The number of fused-ring (bicyclic) bond motifs is 1. The van der Waals surface area contributed by atoms with Gasteiger partial charge in [-0.25, -0.2) is 4.98 Å².